The van der Waals surface area contributed by atoms with Crippen molar-refractivity contribution in [2.45, 2.75) is 39.0 Å². The van der Waals surface area contributed by atoms with Crippen molar-refractivity contribution in [3.63, 3.8) is 0 Å². The minimum absolute atomic E-state index is 0.103. The average Bonchev–Trinajstić information content (AvgIpc) is 3.09. The monoisotopic (exact) mass is 315 g/mol. The maximum atomic E-state index is 12.5. The summed E-state index contributed by atoms with van der Waals surface area (Å²) in [4.78, 5) is 32.1. The lowest BCUT2D eigenvalue weighted by Gasteiger charge is -2.32. The van der Waals surface area contributed by atoms with E-state index < -0.39 is 0 Å². The standard InChI is InChI=1S/C18H25N3O2/c1-14(22)21-8-4-5-15(13-21)9-16-10-17(12-19-11-16)18(23)20-6-2-3-7-20/h10-12,15H,2-9,13H2,1H3. The summed E-state index contributed by atoms with van der Waals surface area (Å²) in [5.74, 6) is 0.725. The summed E-state index contributed by atoms with van der Waals surface area (Å²) in [5, 5.41) is 0. The molecular formula is C18H25N3O2. The van der Waals surface area contributed by atoms with E-state index in [1.54, 1.807) is 13.1 Å². The summed E-state index contributed by atoms with van der Waals surface area (Å²) in [7, 11) is 0. The molecule has 2 amide bonds. The zero-order valence-electron chi connectivity index (χ0n) is 13.8. The van der Waals surface area contributed by atoms with Gasteiger partial charge in [0.2, 0.25) is 5.91 Å². The average molecular weight is 315 g/mol. The van der Waals surface area contributed by atoms with Crippen LogP contribution in [0.2, 0.25) is 0 Å². The van der Waals surface area contributed by atoms with Crippen molar-refractivity contribution >= 4 is 11.8 Å². The van der Waals surface area contributed by atoms with Gasteiger partial charge in [-0.1, -0.05) is 0 Å². The molecule has 0 aromatic carbocycles. The highest BCUT2D eigenvalue weighted by Crippen LogP contribution is 2.21. The molecule has 124 valence electrons. The number of carbonyl (C=O) groups is 2. The van der Waals surface area contributed by atoms with Crippen molar-refractivity contribution in [2.24, 2.45) is 5.92 Å². The maximum Gasteiger partial charge on any atom is 0.255 e. The lowest BCUT2D eigenvalue weighted by molar-refractivity contribution is -0.130. The molecule has 0 N–H and O–H groups in total. The first kappa shape index (κ1) is 16.0. The molecule has 0 saturated carbocycles. The predicted molar refractivity (Wildman–Crippen MR) is 88.1 cm³/mol. The summed E-state index contributed by atoms with van der Waals surface area (Å²) in [6, 6.07) is 1.99. The molecule has 0 spiro atoms. The zero-order valence-corrected chi connectivity index (χ0v) is 13.8. The number of hydrogen-bond donors (Lipinski definition) is 0. The van der Waals surface area contributed by atoms with Crippen LogP contribution in [0, 0.1) is 5.92 Å². The SMILES string of the molecule is CC(=O)N1CCCC(Cc2cncc(C(=O)N3CCCC3)c2)C1. The topological polar surface area (TPSA) is 53.5 Å². The Morgan fingerprint density at radius 3 is 2.61 bits per heavy atom. The van der Waals surface area contributed by atoms with E-state index in [9.17, 15) is 9.59 Å². The van der Waals surface area contributed by atoms with Gasteiger partial charge < -0.3 is 9.80 Å². The predicted octanol–water partition coefficient (Wildman–Crippen LogP) is 2.12. The van der Waals surface area contributed by atoms with E-state index in [4.69, 9.17) is 0 Å². The van der Waals surface area contributed by atoms with Crippen molar-refractivity contribution in [2.75, 3.05) is 26.2 Å². The van der Waals surface area contributed by atoms with Crippen LogP contribution in [0.1, 0.15) is 48.5 Å². The van der Waals surface area contributed by atoms with Gasteiger partial charge in [-0.2, -0.15) is 0 Å². The fraction of sp³-hybridized carbons (Fsp3) is 0.611. The zero-order chi connectivity index (χ0) is 16.2. The third-order valence-corrected chi connectivity index (χ3v) is 4.92. The number of carbonyl (C=O) groups excluding carboxylic acids is 2. The fourth-order valence-electron chi connectivity index (χ4n) is 3.67. The number of pyridine rings is 1. The van der Waals surface area contributed by atoms with Crippen molar-refractivity contribution in [1.29, 1.82) is 0 Å². The lowest BCUT2D eigenvalue weighted by atomic mass is 9.91. The Labute approximate surface area is 137 Å². The number of nitrogens with zero attached hydrogens (tertiary/aromatic N) is 3. The molecule has 3 rings (SSSR count). The van der Waals surface area contributed by atoms with E-state index in [-0.39, 0.29) is 11.8 Å². The van der Waals surface area contributed by atoms with E-state index >= 15 is 0 Å². The Morgan fingerprint density at radius 2 is 1.87 bits per heavy atom. The minimum atomic E-state index is 0.103. The Morgan fingerprint density at radius 1 is 1.13 bits per heavy atom. The largest absolute Gasteiger partial charge is 0.343 e. The molecule has 0 aliphatic carbocycles. The van der Waals surface area contributed by atoms with Crippen LogP contribution < -0.4 is 0 Å². The lowest BCUT2D eigenvalue weighted by Crippen LogP contribution is -2.39. The third kappa shape index (κ3) is 3.89. The number of aromatic nitrogens is 1. The summed E-state index contributed by atoms with van der Waals surface area (Å²) in [6.07, 6.45) is 8.81. The highest BCUT2D eigenvalue weighted by Gasteiger charge is 2.23. The molecule has 3 heterocycles. The number of piperidine rings is 1. The molecule has 5 heteroatoms. The summed E-state index contributed by atoms with van der Waals surface area (Å²) < 4.78 is 0. The van der Waals surface area contributed by atoms with Gasteiger partial charge in [-0.25, -0.2) is 0 Å². The van der Waals surface area contributed by atoms with Crippen LogP contribution in [0.4, 0.5) is 0 Å². The molecule has 0 bridgehead atoms. The van der Waals surface area contributed by atoms with Gasteiger partial charge in [0, 0.05) is 45.5 Å². The molecule has 2 saturated heterocycles. The van der Waals surface area contributed by atoms with Gasteiger partial charge in [-0.05, 0) is 49.7 Å². The molecule has 1 aromatic rings. The first-order valence-corrected chi connectivity index (χ1v) is 8.62. The fourth-order valence-corrected chi connectivity index (χ4v) is 3.67. The summed E-state index contributed by atoms with van der Waals surface area (Å²) >= 11 is 0. The molecule has 0 radical (unpaired) electrons. The van der Waals surface area contributed by atoms with Crippen molar-refractivity contribution < 1.29 is 9.59 Å². The van der Waals surface area contributed by atoms with Gasteiger partial charge in [-0.15, -0.1) is 0 Å². The highest BCUT2D eigenvalue weighted by molar-refractivity contribution is 5.94. The van der Waals surface area contributed by atoms with Gasteiger partial charge in [0.05, 0.1) is 5.56 Å². The summed E-state index contributed by atoms with van der Waals surface area (Å²) in [5.41, 5.74) is 1.80. The van der Waals surface area contributed by atoms with Gasteiger partial charge in [-0.3, -0.25) is 14.6 Å². The second-order valence-electron chi connectivity index (χ2n) is 6.76. The van der Waals surface area contributed by atoms with Crippen LogP contribution in [-0.4, -0.2) is 52.8 Å². The normalized spacial score (nSPS) is 21.5. The van der Waals surface area contributed by atoms with Crippen LogP contribution in [0.25, 0.3) is 0 Å². The number of likely N-dealkylation sites (tertiary alicyclic amines) is 2. The van der Waals surface area contributed by atoms with E-state index in [0.717, 1.165) is 63.8 Å². The van der Waals surface area contributed by atoms with Gasteiger partial charge in [0.25, 0.3) is 5.91 Å². The number of amides is 2. The van der Waals surface area contributed by atoms with Crippen molar-refractivity contribution in [1.82, 2.24) is 14.8 Å². The molecule has 2 fully saturated rings. The van der Waals surface area contributed by atoms with E-state index in [0.29, 0.717) is 11.5 Å². The van der Waals surface area contributed by atoms with Gasteiger partial charge >= 0.3 is 0 Å². The smallest absolute Gasteiger partial charge is 0.255 e. The first-order chi connectivity index (χ1) is 11.1. The molecule has 1 aromatic heterocycles. The van der Waals surface area contributed by atoms with Gasteiger partial charge in [0.15, 0.2) is 0 Å². The highest BCUT2D eigenvalue weighted by atomic mass is 16.2. The number of hydrogen-bond acceptors (Lipinski definition) is 3. The molecule has 23 heavy (non-hydrogen) atoms. The second-order valence-corrected chi connectivity index (χ2v) is 6.76. The number of rotatable bonds is 3. The Kier molecular flexibility index (Phi) is 4.94. The Balaban J connectivity index is 1.65. The van der Waals surface area contributed by atoms with E-state index in [1.165, 1.54) is 0 Å². The molecule has 5 nitrogen and oxygen atoms in total. The Hall–Kier alpha value is -1.91. The van der Waals surface area contributed by atoms with Crippen LogP contribution in [0.3, 0.4) is 0 Å². The quantitative estimate of drug-likeness (QED) is 0.858. The third-order valence-electron chi connectivity index (χ3n) is 4.92. The van der Waals surface area contributed by atoms with E-state index in [1.807, 2.05) is 22.1 Å². The van der Waals surface area contributed by atoms with Crippen LogP contribution >= 0.6 is 0 Å². The van der Waals surface area contributed by atoms with Crippen molar-refractivity contribution in [3.8, 4) is 0 Å². The van der Waals surface area contributed by atoms with Crippen LogP contribution in [0.5, 0.6) is 0 Å². The molecular weight excluding hydrogens is 290 g/mol. The van der Waals surface area contributed by atoms with Crippen LogP contribution in [-0.2, 0) is 11.2 Å². The second kappa shape index (κ2) is 7.11. The van der Waals surface area contributed by atoms with Crippen LogP contribution in [0.15, 0.2) is 18.5 Å². The molecule has 2 aliphatic heterocycles. The Bertz CT molecular complexity index is 581. The first-order valence-electron chi connectivity index (χ1n) is 8.62. The maximum absolute atomic E-state index is 12.5. The molecule has 2 aliphatic rings. The molecule has 1 atom stereocenters. The molecule has 1 unspecified atom stereocenters. The minimum Gasteiger partial charge on any atom is -0.343 e. The van der Waals surface area contributed by atoms with E-state index in [2.05, 4.69) is 4.98 Å². The van der Waals surface area contributed by atoms with Crippen molar-refractivity contribution in [3.05, 3.63) is 29.6 Å². The summed E-state index contributed by atoms with van der Waals surface area (Å²) in [6.45, 7) is 5.05. The van der Waals surface area contributed by atoms with Gasteiger partial charge in [0.1, 0.15) is 0 Å².